The number of furan rings is 1. The topological polar surface area (TPSA) is 16.4 Å². The number of hydrogen-bond acceptors (Lipinski definition) is 2. The van der Waals surface area contributed by atoms with Gasteiger partial charge in [0.1, 0.15) is 11.2 Å². The first-order valence-electron chi connectivity index (χ1n) is 18.9. The summed E-state index contributed by atoms with van der Waals surface area (Å²) in [7, 11) is 0. The Labute approximate surface area is 320 Å². The van der Waals surface area contributed by atoms with Gasteiger partial charge in [0.2, 0.25) is 0 Å². The zero-order chi connectivity index (χ0) is 36.3. The van der Waals surface area contributed by atoms with Gasteiger partial charge in [0.25, 0.3) is 0 Å². The van der Waals surface area contributed by atoms with Gasteiger partial charge in [-0.1, -0.05) is 158 Å². The van der Waals surface area contributed by atoms with Gasteiger partial charge in [0.15, 0.2) is 0 Å². The summed E-state index contributed by atoms with van der Waals surface area (Å²) in [6.07, 6.45) is 0. The molecule has 10 aromatic rings. The lowest BCUT2D eigenvalue weighted by Crippen LogP contribution is -2.28. The van der Waals surface area contributed by atoms with E-state index in [0.29, 0.717) is 0 Å². The number of hydrogen-bond donors (Lipinski definition) is 0. The molecule has 0 radical (unpaired) electrons. The lowest BCUT2D eigenvalue weighted by atomic mass is 9.67. The van der Waals surface area contributed by atoms with Crippen LogP contribution in [0.4, 0.5) is 17.1 Å². The molecule has 0 saturated heterocycles. The van der Waals surface area contributed by atoms with E-state index in [9.17, 15) is 0 Å². The SMILES string of the molecule is c1ccc(-c2ccc(N(c3cccc(C4(c5ccccc5)c5ccccc5-c5ccccc54)c3)c3ccc4c(ccc5c6ccccc6oc45)c3)cc2)cc1. The smallest absolute Gasteiger partial charge is 0.143 e. The van der Waals surface area contributed by atoms with E-state index in [0.717, 1.165) is 49.8 Å². The molecule has 0 N–H and O–H groups in total. The standard InChI is InChI=1S/C53H35NO/c1-3-14-36(15-4-1)37-26-29-41(30-27-37)54(43-31-33-44-38(34-43)28-32-48-47-22-9-12-25-51(47)55-52(44)48)42-19-13-18-40(35-42)53(39-16-5-2-6-17-39)49-23-10-7-20-45(49)46-21-8-11-24-50(46)53/h1-35H. The maximum atomic E-state index is 6.46. The molecule has 0 spiro atoms. The number of anilines is 3. The van der Waals surface area contributed by atoms with Crippen LogP contribution in [0.3, 0.4) is 0 Å². The average molecular weight is 702 g/mol. The van der Waals surface area contributed by atoms with E-state index in [1.807, 2.05) is 12.1 Å². The Morgan fingerprint density at radius 3 is 1.71 bits per heavy atom. The molecule has 9 aromatic carbocycles. The number of para-hydroxylation sites is 1. The third kappa shape index (κ3) is 4.82. The highest BCUT2D eigenvalue weighted by molar-refractivity contribution is 6.15. The molecule has 2 nitrogen and oxygen atoms in total. The van der Waals surface area contributed by atoms with Crippen LogP contribution in [0, 0.1) is 0 Å². The normalized spacial score (nSPS) is 12.9. The highest BCUT2D eigenvalue weighted by Crippen LogP contribution is 2.56. The maximum Gasteiger partial charge on any atom is 0.143 e. The number of rotatable bonds is 6. The van der Waals surface area contributed by atoms with Crippen LogP contribution in [-0.2, 0) is 5.41 Å². The van der Waals surface area contributed by atoms with Gasteiger partial charge in [-0.05, 0) is 104 Å². The van der Waals surface area contributed by atoms with Crippen LogP contribution in [0.5, 0.6) is 0 Å². The van der Waals surface area contributed by atoms with E-state index in [1.165, 1.54) is 44.5 Å². The minimum atomic E-state index is -0.496. The summed E-state index contributed by atoms with van der Waals surface area (Å²) in [5.41, 5.74) is 14.6. The molecule has 2 heteroatoms. The first kappa shape index (κ1) is 31.4. The summed E-state index contributed by atoms with van der Waals surface area (Å²) in [5.74, 6) is 0. The quantitative estimate of drug-likeness (QED) is 0.172. The molecular weight excluding hydrogens is 667 g/mol. The van der Waals surface area contributed by atoms with Crippen molar-refractivity contribution < 1.29 is 4.42 Å². The number of fused-ring (bicyclic) bond motifs is 8. The third-order valence-corrected chi connectivity index (χ3v) is 11.5. The lowest BCUT2D eigenvalue weighted by Gasteiger charge is -2.35. The van der Waals surface area contributed by atoms with Gasteiger partial charge in [-0.2, -0.15) is 0 Å². The van der Waals surface area contributed by atoms with Crippen molar-refractivity contribution in [1.29, 1.82) is 0 Å². The molecule has 0 amide bonds. The molecule has 11 rings (SSSR count). The molecule has 55 heavy (non-hydrogen) atoms. The number of benzene rings is 9. The molecule has 1 aliphatic rings. The van der Waals surface area contributed by atoms with Gasteiger partial charge in [0.05, 0.1) is 5.41 Å². The van der Waals surface area contributed by atoms with E-state index in [-0.39, 0.29) is 0 Å². The Morgan fingerprint density at radius 2 is 0.945 bits per heavy atom. The Hall–Kier alpha value is -7.16. The Bertz CT molecular complexity index is 2990. The highest BCUT2D eigenvalue weighted by Gasteiger charge is 2.46. The van der Waals surface area contributed by atoms with Gasteiger partial charge in [-0.25, -0.2) is 0 Å². The molecule has 0 unspecified atom stereocenters. The average Bonchev–Trinajstić information content (AvgIpc) is 3.79. The van der Waals surface area contributed by atoms with Gasteiger partial charge < -0.3 is 9.32 Å². The van der Waals surface area contributed by atoms with Gasteiger partial charge >= 0.3 is 0 Å². The summed E-state index contributed by atoms with van der Waals surface area (Å²) in [4.78, 5) is 2.39. The molecule has 0 atom stereocenters. The second kappa shape index (κ2) is 12.5. The van der Waals surface area contributed by atoms with Crippen LogP contribution >= 0.6 is 0 Å². The highest BCUT2D eigenvalue weighted by atomic mass is 16.3. The van der Waals surface area contributed by atoms with Crippen molar-refractivity contribution in [2.45, 2.75) is 5.41 Å². The Kier molecular flexibility index (Phi) is 7.11. The third-order valence-electron chi connectivity index (χ3n) is 11.5. The number of nitrogens with zero attached hydrogens (tertiary/aromatic N) is 1. The molecule has 0 aliphatic heterocycles. The predicted molar refractivity (Wildman–Crippen MR) is 229 cm³/mol. The second-order valence-electron chi connectivity index (χ2n) is 14.5. The largest absolute Gasteiger partial charge is 0.455 e. The minimum absolute atomic E-state index is 0.496. The zero-order valence-corrected chi connectivity index (χ0v) is 30.1. The van der Waals surface area contributed by atoms with Crippen LogP contribution in [0.1, 0.15) is 22.3 Å². The van der Waals surface area contributed by atoms with Crippen LogP contribution in [0.15, 0.2) is 217 Å². The van der Waals surface area contributed by atoms with E-state index >= 15 is 0 Å². The summed E-state index contributed by atoms with van der Waals surface area (Å²) < 4.78 is 6.46. The van der Waals surface area contributed by atoms with E-state index in [4.69, 9.17) is 4.42 Å². The van der Waals surface area contributed by atoms with Crippen molar-refractivity contribution in [3.8, 4) is 22.3 Å². The Balaban J connectivity index is 1.13. The van der Waals surface area contributed by atoms with Crippen molar-refractivity contribution in [3.05, 3.63) is 235 Å². The molecular formula is C53H35NO. The van der Waals surface area contributed by atoms with Crippen molar-refractivity contribution in [1.82, 2.24) is 0 Å². The summed E-state index contributed by atoms with van der Waals surface area (Å²) in [6.45, 7) is 0. The maximum absolute atomic E-state index is 6.46. The van der Waals surface area contributed by atoms with Crippen molar-refractivity contribution >= 4 is 49.8 Å². The van der Waals surface area contributed by atoms with Crippen molar-refractivity contribution in [2.24, 2.45) is 0 Å². The first-order valence-corrected chi connectivity index (χ1v) is 18.9. The summed E-state index contributed by atoms with van der Waals surface area (Å²) >= 11 is 0. The molecule has 0 fully saturated rings. The molecule has 1 aliphatic carbocycles. The Morgan fingerprint density at radius 1 is 0.364 bits per heavy atom. The monoisotopic (exact) mass is 701 g/mol. The van der Waals surface area contributed by atoms with Crippen LogP contribution in [0.2, 0.25) is 0 Å². The van der Waals surface area contributed by atoms with Crippen LogP contribution < -0.4 is 4.90 Å². The molecule has 1 heterocycles. The second-order valence-corrected chi connectivity index (χ2v) is 14.5. The summed E-state index contributed by atoms with van der Waals surface area (Å²) in [6, 6.07) is 77.1. The zero-order valence-electron chi connectivity index (χ0n) is 30.1. The van der Waals surface area contributed by atoms with E-state index in [2.05, 4.69) is 205 Å². The molecule has 258 valence electrons. The fourth-order valence-electron chi connectivity index (χ4n) is 9.11. The first-order chi connectivity index (χ1) is 27.3. The minimum Gasteiger partial charge on any atom is -0.455 e. The fraction of sp³-hybridized carbons (Fsp3) is 0.0189. The molecule has 0 saturated carbocycles. The van der Waals surface area contributed by atoms with Gasteiger partial charge in [-0.15, -0.1) is 0 Å². The molecule has 1 aromatic heterocycles. The van der Waals surface area contributed by atoms with Gasteiger partial charge in [-0.3, -0.25) is 0 Å². The fourth-order valence-corrected chi connectivity index (χ4v) is 9.11. The van der Waals surface area contributed by atoms with Crippen LogP contribution in [-0.4, -0.2) is 0 Å². The van der Waals surface area contributed by atoms with Crippen molar-refractivity contribution in [2.75, 3.05) is 4.90 Å². The van der Waals surface area contributed by atoms with E-state index < -0.39 is 5.41 Å². The molecule has 0 bridgehead atoms. The van der Waals surface area contributed by atoms with Crippen molar-refractivity contribution in [3.63, 3.8) is 0 Å². The lowest BCUT2D eigenvalue weighted by molar-refractivity contribution is 0.672. The summed E-state index contributed by atoms with van der Waals surface area (Å²) in [5, 5.41) is 4.52. The van der Waals surface area contributed by atoms with Crippen LogP contribution in [0.25, 0.3) is 55.0 Å². The predicted octanol–water partition coefficient (Wildman–Crippen LogP) is 14.2. The van der Waals surface area contributed by atoms with Gasteiger partial charge in [0, 0.05) is 33.2 Å². The van der Waals surface area contributed by atoms with E-state index in [1.54, 1.807) is 0 Å².